The molecule has 1 aromatic heterocycles. The Kier molecular flexibility index (Phi) is 2.77. The maximum absolute atomic E-state index is 11.7. The number of hydrogen-bond donors (Lipinski definition) is 1. The maximum Gasteiger partial charge on any atom is 0.278 e. The second-order valence-corrected chi connectivity index (χ2v) is 3.99. The largest absolute Gasteiger partial charge is 0.392 e. The quantitative estimate of drug-likeness (QED) is 0.614. The van der Waals surface area contributed by atoms with E-state index in [1.165, 1.54) is 22.9 Å². The molecule has 0 spiro atoms. The zero-order chi connectivity index (χ0) is 10.8. The molecule has 15 heavy (non-hydrogen) atoms. The van der Waals surface area contributed by atoms with Gasteiger partial charge in [-0.25, -0.2) is 4.98 Å². The average molecular weight is 226 g/mol. The summed E-state index contributed by atoms with van der Waals surface area (Å²) in [5.41, 5.74) is 6.54. The molecule has 2 rings (SSSR count). The lowest BCUT2D eigenvalue weighted by atomic mass is 10.2. The van der Waals surface area contributed by atoms with Gasteiger partial charge in [-0.05, 0) is 19.3 Å². The molecule has 0 aromatic carbocycles. The zero-order valence-corrected chi connectivity index (χ0v) is 9.00. The smallest absolute Gasteiger partial charge is 0.278 e. The van der Waals surface area contributed by atoms with Crippen LogP contribution in [0, 0.1) is 0 Å². The van der Waals surface area contributed by atoms with Crippen LogP contribution >= 0.6 is 11.6 Å². The van der Waals surface area contributed by atoms with E-state index in [1.54, 1.807) is 0 Å². The van der Waals surface area contributed by atoms with Gasteiger partial charge in [0.15, 0.2) is 5.15 Å². The van der Waals surface area contributed by atoms with Crippen molar-refractivity contribution in [1.82, 2.24) is 9.55 Å². The van der Waals surface area contributed by atoms with Gasteiger partial charge in [0.05, 0.1) is 6.33 Å². The molecule has 0 atom stereocenters. The van der Waals surface area contributed by atoms with Crippen molar-refractivity contribution in [1.29, 1.82) is 0 Å². The van der Waals surface area contributed by atoms with Crippen molar-refractivity contribution in [3.8, 4) is 0 Å². The van der Waals surface area contributed by atoms with Crippen LogP contribution in [-0.4, -0.2) is 9.55 Å². The van der Waals surface area contributed by atoms with Crippen LogP contribution in [0.4, 0.5) is 5.69 Å². The van der Waals surface area contributed by atoms with Gasteiger partial charge >= 0.3 is 0 Å². The number of aromatic nitrogens is 2. The van der Waals surface area contributed by atoms with Gasteiger partial charge < -0.3 is 5.73 Å². The van der Waals surface area contributed by atoms with Gasteiger partial charge in [0, 0.05) is 6.54 Å². The van der Waals surface area contributed by atoms with Crippen LogP contribution in [0.5, 0.6) is 0 Å². The first-order valence-corrected chi connectivity index (χ1v) is 5.24. The minimum absolute atomic E-state index is 0.0257. The van der Waals surface area contributed by atoms with Crippen LogP contribution in [0.3, 0.4) is 0 Å². The van der Waals surface area contributed by atoms with E-state index < -0.39 is 0 Å². The number of nitrogens with two attached hydrogens (primary N) is 1. The third-order valence-electron chi connectivity index (χ3n) is 2.53. The fraction of sp³-hybridized carbons (Fsp3) is 0.400. The fourth-order valence-electron chi connectivity index (χ4n) is 1.70. The second-order valence-electron chi connectivity index (χ2n) is 3.64. The molecular formula is C10H12ClN3O. The number of halogens is 1. The Labute approximate surface area is 92.4 Å². The Hall–Kier alpha value is -1.29. The van der Waals surface area contributed by atoms with Crippen molar-refractivity contribution in [2.24, 2.45) is 0 Å². The van der Waals surface area contributed by atoms with E-state index in [4.69, 9.17) is 17.3 Å². The molecule has 1 aliphatic carbocycles. The summed E-state index contributed by atoms with van der Waals surface area (Å²) in [6.07, 6.45) is 6.92. The Bertz CT molecular complexity index is 464. The molecule has 0 unspecified atom stereocenters. The molecule has 0 radical (unpaired) electrons. The fourth-order valence-corrected chi connectivity index (χ4v) is 1.82. The minimum atomic E-state index is -0.261. The highest BCUT2D eigenvalue weighted by Gasteiger charge is 2.09. The molecule has 0 saturated carbocycles. The lowest BCUT2D eigenvalue weighted by Gasteiger charge is -2.07. The van der Waals surface area contributed by atoms with Gasteiger partial charge in [0.1, 0.15) is 5.69 Å². The molecule has 1 aliphatic rings. The molecule has 0 fully saturated rings. The van der Waals surface area contributed by atoms with Crippen LogP contribution < -0.4 is 11.3 Å². The highest BCUT2D eigenvalue weighted by Crippen LogP contribution is 2.18. The predicted octanol–water partition coefficient (Wildman–Crippen LogP) is 1.59. The maximum atomic E-state index is 11.7. The number of hydrogen-bond acceptors (Lipinski definition) is 3. The Morgan fingerprint density at radius 1 is 1.60 bits per heavy atom. The highest BCUT2D eigenvalue weighted by atomic mass is 35.5. The van der Waals surface area contributed by atoms with Gasteiger partial charge in [0.25, 0.3) is 5.56 Å². The summed E-state index contributed by atoms with van der Waals surface area (Å²) >= 11 is 5.64. The van der Waals surface area contributed by atoms with E-state index in [9.17, 15) is 4.79 Å². The van der Waals surface area contributed by atoms with Gasteiger partial charge in [-0.15, -0.1) is 0 Å². The average Bonchev–Trinajstić information content (AvgIpc) is 2.72. The van der Waals surface area contributed by atoms with Crippen LogP contribution in [0.1, 0.15) is 19.3 Å². The van der Waals surface area contributed by atoms with Crippen molar-refractivity contribution in [2.75, 3.05) is 5.73 Å². The molecule has 0 saturated heterocycles. The first kappa shape index (κ1) is 10.2. The third-order valence-corrected chi connectivity index (χ3v) is 2.83. The lowest BCUT2D eigenvalue weighted by Crippen LogP contribution is -2.24. The molecule has 80 valence electrons. The summed E-state index contributed by atoms with van der Waals surface area (Å²) in [5.74, 6) is 0. The van der Waals surface area contributed by atoms with E-state index in [1.807, 2.05) is 0 Å². The van der Waals surface area contributed by atoms with Crippen molar-refractivity contribution < 1.29 is 0 Å². The van der Waals surface area contributed by atoms with E-state index in [0.717, 1.165) is 12.8 Å². The van der Waals surface area contributed by atoms with Gasteiger partial charge in [-0.1, -0.05) is 23.3 Å². The Morgan fingerprint density at radius 3 is 3.07 bits per heavy atom. The van der Waals surface area contributed by atoms with E-state index in [-0.39, 0.29) is 16.4 Å². The monoisotopic (exact) mass is 225 g/mol. The van der Waals surface area contributed by atoms with Gasteiger partial charge in [-0.2, -0.15) is 0 Å². The summed E-state index contributed by atoms with van der Waals surface area (Å²) in [6.45, 7) is 0.577. The number of anilines is 1. The topological polar surface area (TPSA) is 60.9 Å². The normalized spacial score (nSPS) is 15.4. The van der Waals surface area contributed by atoms with Crippen LogP contribution in [0.15, 0.2) is 22.8 Å². The molecule has 0 amide bonds. The van der Waals surface area contributed by atoms with Gasteiger partial charge in [0.2, 0.25) is 0 Å². The first-order valence-electron chi connectivity index (χ1n) is 4.87. The Morgan fingerprint density at radius 2 is 2.40 bits per heavy atom. The molecule has 0 aliphatic heterocycles. The number of allylic oxidation sites excluding steroid dienone is 2. The van der Waals surface area contributed by atoms with Crippen LogP contribution in [-0.2, 0) is 6.54 Å². The molecule has 4 nitrogen and oxygen atoms in total. The number of rotatable bonds is 2. The second kappa shape index (κ2) is 4.06. The van der Waals surface area contributed by atoms with E-state index >= 15 is 0 Å². The van der Waals surface area contributed by atoms with Crippen molar-refractivity contribution in [3.05, 3.63) is 33.5 Å². The van der Waals surface area contributed by atoms with Gasteiger partial charge in [-0.3, -0.25) is 9.36 Å². The summed E-state index contributed by atoms with van der Waals surface area (Å²) in [4.78, 5) is 15.5. The van der Waals surface area contributed by atoms with Crippen molar-refractivity contribution >= 4 is 17.3 Å². The zero-order valence-electron chi connectivity index (χ0n) is 8.24. The summed E-state index contributed by atoms with van der Waals surface area (Å²) in [6, 6.07) is 0. The van der Waals surface area contributed by atoms with Crippen molar-refractivity contribution in [2.45, 2.75) is 25.8 Å². The molecule has 0 bridgehead atoms. The summed E-state index contributed by atoms with van der Waals surface area (Å²) < 4.78 is 1.50. The van der Waals surface area contributed by atoms with E-state index in [2.05, 4.69) is 11.1 Å². The summed E-state index contributed by atoms with van der Waals surface area (Å²) in [5, 5.41) is 0.0802. The highest BCUT2D eigenvalue weighted by molar-refractivity contribution is 6.31. The molecule has 1 heterocycles. The van der Waals surface area contributed by atoms with E-state index in [0.29, 0.717) is 6.54 Å². The minimum Gasteiger partial charge on any atom is -0.392 e. The van der Waals surface area contributed by atoms with Crippen molar-refractivity contribution in [3.63, 3.8) is 0 Å². The number of nitrogen functional groups attached to an aromatic ring is 1. The summed E-state index contributed by atoms with van der Waals surface area (Å²) in [7, 11) is 0. The lowest BCUT2D eigenvalue weighted by molar-refractivity contribution is 0.707. The molecule has 1 aromatic rings. The molecular weight excluding hydrogens is 214 g/mol. The molecule has 5 heteroatoms. The first-order chi connectivity index (χ1) is 7.18. The standard InChI is InChI=1S/C10H12ClN3O/c11-9-8(12)10(15)14(6-13-9)5-7-3-1-2-4-7/h3,6H,1-2,4-5,12H2. The number of nitrogens with zero attached hydrogens (tertiary/aromatic N) is 2. The Balaban J connectivity index is 2.29. The predicted molar refractivity (Wildman–Crippen MR) is 59.9 cm³/mol. The van der Waals surface area contributed by atoms with Crippen LogP contribution in [0.25, 0.3) is 0 Å². The SMILES string of the molecule is Nc1c(Cl)ncn(CC2=CCCC2)c1=O. The molecule has 2 N–H and O–H groups in total. The third kappa shape index (κ3) is 2.04. The van der Waals surface area contributed by atoms with Crippen LogP contribution in [0.2, 0.25) is 5.15 Å².